The lowest BCUT2D eigenvalue weighted by molar-refractivity contribution is 0.0691. The third-order valence-electron chi connectivity index (χ3n) is 7.70. The lowest BCUT2D eigenvalue weighted by Gasteiger charge is -2.37. The number of halogens is 2. The molecule has 2 aliphatic rings. The second kappa shape index (κ2) is 7.88. The summed E-state index contributed by atoms with van der Waals surface area (Å²) >= 11 is 0. The third kappa shape index (κ3) is 3.54. The fourth-order valence-electron chi connectivity index (χ4n) is 5.94. The fraction of sp³-hybridized carbons (Fsp3) is 0.407. The van der Waals surface area contributed by atoms with Gasteiger partial charge in [-0.1, -0.05) is 26.0 Å². The van der Waals surface area contributed by atoms with Crippen molar-refractivity contribution in [2.45, 2.75) is 57.5 Å². The number of aromatic nitrogens is 3. The Morgan fingerprint density at radius 2 is 1.83 bits per heavy atom. The second-order valence-electron chi connectivity index (χ2n) is 10.8. The standard InChI is InChI=1S/C27H28F2N4O2/c1-25(2,35)14-30-24(34)19-9-6-10-21(31-19)27-12-11-16(26(27,3)4)15-13-20(32-33-23(15)27)22-17(28)7-5-8-18(22)29/h5-10,13,16,35H,11-12,14H2,1-4H3,(H,30,34)/t16-,27+/m0/s1. The molecule has 0 spiro atoms. The van der Waals surface area contributed by atoms with Crippen molar-refractivity contribution in [1.29, 1.82) is 0 Å². The van der Waals surface area contributed by atoms with Crippen LogP contribution in [0.2, 0.25) is 0 Å². The number of hydrogen-bond acceptors (Lipinski definition) is 5. The minimum Gasteiger partial charge on any atom is -0.389 e. The largest absolute Gasteiger partial charge is 0.389 e. The van der Waals surface area contributed by atoms with Gasteiger partial charge in [0.25, 0.3) is 5.91 Å². The molecule has 5 rings (SSSR count). The Bertz CT molecular complexity index is 1310. The molecule has 2 bridgehead atoms. The molecule has 0 aliphatic heterocycles. The number of hydrogen-bond donors (Lipinski definition) is 2. The molecule has 2 aromatic heterocycles. The number of carbonyl (C=O) groups excluding carboxylic acids is 1. The van der Waals surface area contributed by atoms with E-state index in [1.807, 2.05) is 6.07 Å². The first-order chi connectivity index (χ1) is 16.5. The van der Waals surface area contributed by atoms with Crippen molar-refractivity contribution in [3.8, 4) is 11.3 Å². The Morgan fingerprint density at radius 3 is 2.51 bits per heavy atom. The molecule has 182 valence electrons. The summed E-state index contributed by atoms with van der Waals surface area (Å²) in [6, 6.07) is 10.9. The number of rotatable bonds is 5. The lowest BCUT2D eigenvalue weighted by Crippen LogP contribution is -2.40. The van der Waals surface area contributed by atoms with Gasteiger partial charge in [-0.25, -0.2) is 13.8 Å². The molecule has 2 atom stereocenters. The van der Waals surface area contributed by atoms with Crippen molar-refractivity contribution in [3.63, 3.8) is 0 Å². The molecule has 6 nitrogen and oxygen atoms in total. The van der Waals surface area contributed by atoms with Gasteiger partial charge < -0.3 is 10.4 Å². The second-order valence-corrected chi connectivity index (χ2v) is 10.8. The lowest BCUT2D eigenvalue weighted by atomic mass is 9.66. The van der Waals surface area contributed by atoms with Crippen LogP contribution in [0.25, 0.3) is 11.3 Å². The van der Waals surface area contributed by atoms with Gasteiger partial charge in [0.1, 0.15) is 17.3 Å². The first-order valence-electron chi connectivity index (χ1n) is 11.8. The molecule has 1 amide bonds. The van der Waals surface area contributed by atoms with E-state index in [0.717, 1.165) is 29.8 Å². The monoisotopic (exact) mass is 478 g/mol. The van der Waals surface area contributed by atoms with Crippen LogP contribution in [-0.2, 0) is 5.41 Å². The van der Waals surface area contributed by atoms with E-state index >= 15 is 0 Å². The first kappa shape index (κ1) is 23.5. The first-order valence-corrected chi connectivity index (χ1v) is 11.8. The molecule has 2 N–H and O–H groups in total. The van der Waals surface area contributed by atoms with Crippen LogP contribution < -0.4 is 5.32 Å². The molecular formula is C27H28F2N4O2. The Hall–Kier alpha value is -3.26. The SMILES string of the molecule is CC(C)(O)CNC(=O)c1cccc([C@]23CC[C@@H](c4cc(-c5c(F)cccc5F)nnc42)C3(C)C)n1. The third-order valence-corrected chi connectivity index (χ3v) is 7.70. The van der Waals surface area contributed by atoms with Crippen LogP contribution in [0.15, 0.2) is 42.5 Å². The summed E-state index contributed by atoms with van der Waals surface area (Å²) in [6.07, 6.45) is 1.64. The fourth-order valence-corrected chi connectivity index (χ4v) is 5.94. The average Bonchev–Trinajstić information content (AvgIpc) is 3.18. The summed E-state index contributed by atoms with van der Waals surface area (Å²) in [5.41, 5.74) is 0.720. The minimum atomic E-state index is -1.04. The van der Waals surface area contributed by atoms with E-state index < -0.39 is 22.7 Å². The summed E-state index contributed by atoms with van der Waals surface area (Å²) in [7, 11) is 0. The molecular weight excluding hydrogens is 450 g/mol. The van der Waals surface area contributed by atoms with Gasteiger partial charge in [0, 0.05) is 6.54 Å². The summed E-state index contributed by atoms with van der Waals surface area (Å²) in [6.45, 7) is 7.64. The number of benzene rings is 1. The van der Waals surface area contributed by atoms with E-state index in [9.17, 15) is 18.7 Å². The maximum atomic E-state index is 14.5. The Labute approximate surface area is 202 Å². The van der Waals surface area contributed by atoms with Gasteiger partial charge in [-0.15, -0.1) is 5.10 Å². The van der Waals surface area contributed by atoms with Crippen molar-refractivity contribution >= 4 is 5.91 Å². The van der Waals surface area contributed by atoms with Crippen molar-refractivity contribution in [2.24, 2.45) is 5.41 Å². The van der Waals surface area contributed by atoms with Gasteiger partial charge in [0.2, 0.25) is 0 Å². The molecule has 1 fully saturated rings. The highest BCUT2D eigenvalue weighted by atomic mass is 19.1. The maximum absolute atomic E-state index is 14.5. The molecule has 0 radical (unpaired) electrons. The molecule has 1 saturated carbocycles. The quantitative estimate of drug-likeness (QED) is 0.563. The molecule has 2 aliphatic carbocycles. The van der Waals surface area contributed by atoms with E-state index in [1.54, 1.807) is 32.0 Å². The molecule has 0 saturated heterocycles. The molecule has 2 heterocycles. The Balaban J connectivity index is 1.59. The van der Waals surface area contributed by atoms with Crippen LogP contribution >= 0.6 is 0 Å². The molecule has 8 heteroatoms. The number of fused-ring (bicyclic) bond motifs is 5. The summed E-state index contributed by atoms with van der Waals surface area (Å²) in [4.78, 5) is 17.5. The van der Waals surface area contributed by atoms with Crippen LogP contribution in [0, 0.1) is 17.0 Å². The van der Waals surface area contributed by atoms with E-state index in [0.29, 0.717) is 0 Å². The number of carbonyl (C=O) groups is 1. The van der Waals surface area contributed by atoms with Crippen molar-refractivity contribution < 1.29 is 18.7 Å². The van der Waals surface area contributed by atoms with Crippen LogP contribution in [0.4, 0.5) is 8.78 Å². The predicted octanol–water partition coefficient (Wildman–Crippen LogP) is 4.52. The molecule has 35 heavy (non-hydrogen) atoms. The van der Waals surface area contributed by atoms with Crippen LogP contribution in [-0.4, -0.2) is 38.3 Å². The summed E-state index contributed by atoms with van der Waals surface area (Å²) in [5.74, 6) is -1.62. The Kier molecular flexibility index (Phi) is 5.29. The summed E-state index contributed by atoms with van der Waals surface area (Å²) < 4.78 is 28.9. The van der Waals surface area contributed by atoms with Crippen LogP contribution in [0.5, 0.6) is 0 Å². The number of amides is 1. The maximum Gasteiger partial charge on any atom is 0.269 e. The molecule has 3 aromatic rings. The zero-order chi connectivity index (χ0) is 25.2. The molecule has 0 unspecified atom stereocenters. The normalized spacial score (nSPS) is 22.2. The zero-order valence-corrected chi connectivity index (χ0v) is 20.2. The number of aliphatic hydroxyl groups is 1. The van der Waals surface area contributed by atoms with Crippen molar-refractivity contribution in [3.05, 3.63) is 76.7 Å². The van der Waals surface area contributed by atoms with Gasteiger partial charge in [-0.2, -0.15) is 5.10 Å². The summed E-state index contributed by atoms with van der Waals surface area (Å²) in [5, 5.41) is 21.4. The van der Waals surface area contributed by atoms with E-state index in [4.69, 9.17) is 4.98 Å². The van der Waals surface area contributed by atoms with E-state index in [1.165, 1.54) is 18.2 Å². The van der Waals surface area contributed by atoms with E-state index in [2.05, 4.69) is 29.4 Å². The molecule has 1 aromatic carbocycles. The topological polar surface area (TPSA) is 88.0 Å². The number of nitrogens with zero attached hydrogens (tertiary/aromatic N) is 3. The number of pyridine rings is 1. The highest BCUT2D eigenvalue weighted by Crippen LogP contribution is 2.69. The van der Waals surface area contributed by atoms with Gasteiger partial charge in [0.05, 0.1) is 33.7 Å². The van der Waals surface area contributed by atoms with Gasteiger partial charge in [0.15, 0.2) is 0 Å². The highest BCUT2D eigenvalue weighted by Gasteiger charge is 2.65. The van der Waals surface area contributed by atoms with Crippen LogP contribution in [0.1, 0.15) is 73.9 Å². The van der Waals surface area contributed by atoms with Gasteiger partial charge in [-0.05, 0) is 73.9 Å². The van der Waals surface area contributed by atoms with Crippen molar-refractivity contribution in [1.82, 2.24) is 20.5 Å². The Morgan fingerprint density at radius 1 is 1.14 bits per heavy atom. The predicted molar refractivity (Wildman–Crippen MR) is 127 cm³/mol. The smallest absolute Gasteiger partial charge is 0.269 e. The van der Waals surface area contributed by atoms with Gasteiger partial charge in [-0.3, -0.25) is 4.79 Å². The van der Waals surface area contributed by atoms with E-state index in [-0.39, 0.29) is 40.7 Å². The minimum absolute atomic E-state index is 0.0974. The zero-order valence-electron chi connectivity index (χ0n) is 20.2. The van der Waals surface area contributed by atoms with Crippen LogP contribution in [0.3, 0.4) is 0 Å². The van der Waals surface area contributed by atoms with Gasteiger partial charge >= 0.3 is 0 Å². The average molecular weight is 479 g/mol. The number of nitrogens with one attached hydrogen (secondary N) is 1. The highest BCUT2D eigenvalue weighted by molar-refractivity contribution is 5.92. The van der Waals surface area contributed by atoms with Crippen molar-refractivity contribution in [2.75, 3.05) is 6.54 Å².